The van der Waals surface area contributed by atoms with E-state index in [1.165, 1.54) is 4.31 Å². The molecule has 0 saturated carbocycles. The van der Waals surface area contributed by atoms with Crippen molar-refractivity contribution >= 4 is 38.6 Å². The van der Waals surface area contributed by atoms with Crippen molar-refractivity contribution in [3.8, 4) is 5.75 Å². The Morgan fingerprint density at radius 3 is 2.55 bits per heavy atom. The molecule has 0 radical (unpaired) electrons. The molecule has 0 aliphatic carbocycles. The lowest BCUT2D eigenvalue weighted by Crippen LogP contribution is -2.54. The molecule has 5 rings (SSSR count). The molecule has 3 heterocycles. The molecule has 0 N–H and O–H groups in total. The van der Waals surface area contributed by atoms with Crippen molar-refractivity contribution in [2.75, 3.05) is 32.0 Å². The zero-order chi connectivity index (χ0) is 22.9. The van der Waals surface area contributed by atoms with Gasteiger partial charge in [-0.15, -0.1) is 11.8 Å². The van der Waals surface area contributed by atoms with Crippen molar-refractivity contribution in [2.24, 2.45) is 0 Å². The third kappa shape index (κ3) is 4.20. The molecule has 2 aliphatic rings. The summed E-state index contributed by atoms with van der Waals surface area (Å²) in [4.78, 5) is 19.1. The third-order valence-electron chi connectivity index (χ3n) is 6.30. The quantitative estimate of drug-likeness (QED) is 0.554. The fourth-order valence-corrected chi connectivity index (χ4v) is 7.69. The second-order valence-electron chi connectivity index (χ2n) is 8.18. The molecule has 2 aliphatic heterocycles. The lowest BCUT2D eigenvalue weighted by molar-refractivity contribution is -0.136. The van der Waals surface area contributed by atoms with Crippen LogP contribution >= 0.6 is 11.8 Å². The summed E-state index contributed by atoms with van der Waals surface area (Å²) >= 11 is 1.75. The molecule has 2 aromatic carbocycles. The minimum Gasteiger partial charge on any atom is -0.484 e. The first-order chi connectivity index (χ1) is 16.0. The van der Waals surface area contributed by atoms with E-state index in [-0.39, 0.29) is 22.3 Å². The number of hydrogen-bond acceptors (Lipinski definition) is 6. The lowest BCUT2D eigenvalue weighted by atomic mass is 10.0. The number of pyridine rings is 1. The Morgan fingerprint density at radius 1 is 1.00 bits per heavy atom. The molecule has 0 unspecified atom stereocenters. The summed E-state index contributed by atoms with van der Waals surface area (Å²) in [6.45, 7) is 1.36. The number of ether oxygens (including phenoxy) is 1. The van der Waals surface area contributed by atoms with Crippen LogP contribution in [0.1, 0.15) is 12.8 Å². The number of benzene rings is 2. The van der Waals surface area contributed by atoms with Crippen molar-refractivity contribution in [1.82, 2.24) is 14.2 Å². The second-order valence-corrected chi connectivity index (χ2v) is 11.5. The summed E-state index contributed by atoms with van der Waals surface area (Å²) < 4.78 is 34.1. The summed E-state index contributed by atoms with van der Waals surface area (Å²) in [5.74, 6) is 1.45. The number of sulfonamides is 1. The summed E-state index contributed by atoms with van der Waals surface area (Å²) in [7, 11) is -3.69. The highest BCUT2D eigenvalue weighted by Crippen LogP contribution is 2.44. The predicted octanol–water partition coefficient (Wildman–Crippen LogP) is 3.37. The van der Waals surface area contributed by atoms with Crippen molar-refractivity contribution in [3.63, 3.8) is 0 Å². The molecule has 3 aromatic rings. The van der Waals surface area contributed by atoms with E-state index in [0.29, 0.717) is 43.7 Å². The first kappa shape index (κ1) is 22.2. The van der Waals surface area contributed by atoms with Crippen LogP contribution in [-0.4, -0.2) is 65.4 Å². The van der Waals surface area contributed by atoms with Gasteiger partial charge in [-0.1, -0.05) is 36.4 Å². The third-order valence-corrected chi connectivity index (χ3v) is 9.78. The SMILES string of the molecule is O=C(COc1ccccc1)N1CCSC12CCN(S(=O)(=O)c1cccc3cccnc13)CC2. The van der Waals surface area contributed by atoms with Crippen LogP contribution in [-0.2, 0) is 14.8 Å². The number of hydrogen-bond donors (Lipinski definition) is 0. The van der Waals surface area contributed by atoms with Gasteiger partial charge in [-0.05, 0) is 37.1 Å². The maximum Gasteiger partial charge on any atom is 0.261 e. The van der Waals surface area contributed by atoms with Crippen LogP contribution in [0.4, 0.5) is 0 Å². The predicted molar refractivity (Wildman–Crippen MR) is 129 cm³/mol. The van der Waals surface area contributed by atoms with E-state index in [9.17, 15) is 13.2 Å². The van der Waals surface area contributed by atoms with Crippen LogP contribution in [0, 0.1) is 0 Å². The monoisotopic (exact) mass is 483 g/mol. The molecule has 1 amide bonds. The number of aromatic nitrogens is 1. The van der Waals surface area contributed by atoms with Gasteiger partial charge in [-0.3, -0.25) is 9.78 Å². The highest BCUT2D eigenvalue weighted by Gasteiger charge is 2.48. The molecule has 33 heavy (non-hydrogen) atoms. The van der Waals surface area contributed by atoms with Crippen molar-refractivity contribution in [3.05, 3.63) is 66.9 Å². The topological polar surface area (TPSA) is 79.8 Å². The highest BCUT2D eigenvalue weighted by atomic mass is 32.2. The van der Waals surface area contributed by atoms with Gasteiger partial charge in [0.05, 0.1) is 10.4 Å². The first-order valence-electron chi connectivity index (χ1n) is 11.0. The highest BCUT2D eigenvalue weighted by molar-refractivity contribution is 8.00. The standard InChI is InChI=1S/C24H25N3O4S2/c28-22(18-31-20-8-2-1-3-9-20)27-16-17-32-24(27)11-14-26(15-12-24)33(29,30)21-10-4-6-19-7-5-13-25-23(19)21/h1-10,13H,11-12,14-18H2. The number of nitrogens with zero attached hydrogens (tertiary/aromatic N) is 3. The number of fused-ring (bicyclic) bond motifs is 1. The average Bonchev–Trinajstić information content (AvgIpc) is 3.26. The zero-order valence-corrected chi connectivity index (χ0v) is 19.7. The van der Waals surface area contributed by atoms with Gasteiger partial charge in [0.15, 0.2) is 6.61 Å². The van der Waals surface area contributed by atoms with Gasteiger partial charge in [-0.2, -0.15) is 4.31 Å². The fraction of sp³-hybridized carbons (Fsp3) is 0.333. The first-order valence-corrected chi connectivity index (χ1v) is 13.4. The van der Waals surface area contributed by atoms with E-state index < -0.39 is 10.0 Å². The Morgan fingerprint density at radius 2 is 1.76 bits per heavy atom. The molecule has 9 heteroatoms. The molecule has 1 aromatic heterocycles. The van der Waals surface area contributed by atoms with Gasteiger partial charge in [0.25, 0.3) is 5.91 Å². The Balaban J connectivity index is 1.29. The summed E-state index contributed by atoms with van der Waals surface area (Å²) in [6.07, 6.45) is 2.79. The summed E-state index contributed by atoms with van der Waals surface area (Å²) in [5, 5.41) is 0.800. The lowest BCUT2D eigenvalue weighted by Gasteiger charge is -2.43. The van der Waals surface area contributed by atoms with E-state index in [4.69, 9.17) is 4.74 Å². The molecule has 1 spiro atoms. The molecule has 0 atom stereocenters. The van der Waals surface area contributed by atoms with Gasteiger partial charge in [0, 0.05) is 37.0 Å². The molecule has 7 nitrogen and oxygen atoms in total. The van der Waals surface area contributed by atoms with Crippen molar-refractivity contribution < 1.29 is 17.9 Å². The number of carbonyl (C=O) groups excluding carboxylic acids is 1. The van der Waals surface area contributed by atoms with E-state index in [1.807, 2.05) is 47.4 Å². The summed E-state index contributed by atoms with van der Waals surface area (Å²) in [6, 6.07) is 18.2. The molecular weight excluding hydrogens is 458 g/mol. The number of piperidine rings is 1. The second kappa shape index (κ2) is 8.96. The average molecular weight is 484 g/mol. The maximum atomic E-state index is 13.5. The van der Waals surface area contributed by atoms with E-state index in [1.54, 1.807) is 36.2 Å². The Kier molecular flexibility index (Phi) is 6.03. The van der Waals surface area contributed by atoms with Gasteiger partial charge in [0.2, 0.25) is 10.0 Å². The Hall–Kier alpha value is -2.62. The van der Waals surface area contributed by atoms with Gasteiger partial charge in [-0.25, -0.2) is 8.42 Å². The van der Waals surface area contributed by atoms with Crippen LogP contribution in [0.15, 0.2) is 71.8 Å². The molecule has 2 saturated heterocycles. The van der Waals surface area contributed by atoms with Gasteiger partial charge in [0.1, 0.15) is 10.6 Å². The number of amides is 1. The molecule has 172 valence electrons. The minimum absolute atomic E-state index is 0.0178. The fourth-order valence-electron chi connectivity index (χ4n) is 4.61. The van der Waals surface area contributed by atoms with Crippen LogP contribution in [0.25, 0.3) is 10.9 Å². The Bertz CT molecular complexity index is 1250. The van der Waals surface area contributed by atoms with Crippen LogP contribution in [0.2, 0.25) is 0 Å². The number of carbonyl (C=O) groups is 1. The van der Waals surface area contributed by atoms with E-state index in [0.717, 1.165) is 11.1 Å². The number of rotatable bonds is 5. The van der Waals surface area contributed by atoms with Gasteiger partial charge >= 0.3 is 0 Å². The minimum atomic E-state index is -3.69. The molecule has 2 fully saturated rings. The van der Waals surface area contributed by atoms with Crippen LogP contribution in [0.5, 0.6) is 5.75 Å². The van der Waals surface area contributed by atoms with Crippen LogP contribution < -0.4 is 4.74 Å². The van der Waals surface area contributed by atoms with E-state index >= 15 is 0 Å². The van der Waals surface area contributed by atoms with Crippen molar-refractivity contribution in [2.45, 2.75) is 22.6 Å². The smallest absolute Gasteiger partial charge is 0.261 e. The van der Waals surface area contributed by atoms with Crippen molar-refractivity contribution in [1.29, 1.82) is 0 Å². The Labute approximate surface area is 197 Å². The van der Waals surface area contributed by atoms with E-state index in [2.05, 4.69) is 4.98 Å². The summed E-state index contributed by atoms with van der Waals surface area (Å²) in [5.41, 5.74) is 0.491. The normalized spacial score (nSPS) is 18.6. The molecule has 0 bridgehead atoms. The maximum absolute atomic E-state index is 13.5. The zero-order valence-electron chi connectivity index (χ0n) is 18.1. The molecular formula is C24H25N3O4S2. The van der Waals surface area contributed by atoms with Crippen LogP contribution in [0.3, 0.4) is 0 Å². The van der Waals surface area contributed by atoms with Gasteiger partial charge < -0.3 is 9.64 Å². The number of para-hydroxylation sites is 2. The number of thioether (sulfide) groups is 1. The largest absolute Gasteiger partial charge is 0.484 e.